The van der Waals surface area contributed by atoms with Crippen molar-refractivity contribution in [2.75, 3.05) is 6.54 Å². The third-order valence-electron chi connectivity index (χ3n) is 1.95. The van der Waals surface area contributed by atoms with E-state index < -0.39 is 0 Å². The summed E-state index contributed by atoms with van der Waals surface area (Å²) in [5.41, 5.74) is 9.57. The number of rotatable bonds is 3. The molecule has 0 heterocycles. The molecule has 0 spiro atoms. The molecule has 0 aromatic heterocycles. The summed E-state index contributed by atoms with van der Waals surface area (Å²) in [5, 5.41) is 0. The second-order valence-electron chi connectivity index (χ2n) is 3.39. The summed E-state index contributed by atoms with van der Waals surface area (Å²) in [5.74, 6) is 0. The number of hydrogen-bond donors (Lipinski definition) is 1. The molecule has 66 valence electrons. The van der Waals surface area contributed by atoms with Gasteiger partial charge < -0.3 is 5.73 Å². The SMILES string of the molecule is Cc1cc(C)cc(CCCN)c1. The first-order chi connectivity index (χ1) is 5.72. The average molecular weight is 163 g/mol. The lowest BCUT2D eigenvalue weighted by Gasteiger charge is -2.03. The Kier molecular flexibility index (Phi) is 3.30. The number of benzene rings is 1. The molecule has 1 aromatic carbocycles. The van der Waals surface area contributed by atoms with Crippen LogP contribution < -0.4 is 5.73 Å². The van der Waals surface area contributed by atoms with Crippen LogP contribution in [0.2, 0.25) is 0 Å². The molecular formula is C11H17N. The summed E-state index contributed by atoms with van der Waals surface area (Å²) in [7, 11) is 0. The first-order valence-corrected chi connectivity index (χ1v) is 4.49. The highest BCUT2D eigenvalue weighted by atomic mass is 14.5. The van der Waals surface area contributed by atoms with E-state index >= 15 is 0 Å². The van der Waals surface area contributed by atoms with Crippen molar-refractivity contribution in [2.45, 2.75) is 26.7 Å². The molecule has 0 aliphatic carbocycles. The summed E-state index contributed by atoms with van der Waals surface area (Å²) in [6.45, 7) is 5.06. The van der Waals surface area contributed by atoms with E-state index in [4.69, 9.17) is 5.73 Å². The minimum Gasteiger partial charge on any atom is -0.330 e. The molecule has 1 nitrogen and oxygen atoms in total. The van der Waals surface area contributed by atoms with E-state index in [1.54, 1.807) is 0 Å². The molecular weight excluding hydrogens is 146 g/mol. The van der Waals surface area contributed by atoms with Crippen molar-refractivity contribution in [1.29, 1.82) is 0 Å². The normalized spacial score (nSPS) is 10.2. The Morgan fingerprint density at radius 1 is 1.08 bits per heavy atom. The van der Waals surface area contributed by atoms with Crippen molar-refractivity contribution in [1.82, 2.24) is 0 Å². The predicted octanol–water partition coefficient (Wildman–Crippen LogP) is 2.19. The van der Waals surface area contributed by atoms with Crippen LogP contribution in [0.25, 0.3) is 0 Å². The molecule has 2 N–H and O–H groups in total. The highest BCUT2D eigenvalue weighted by Crippen LogP contribution is 2.10. The fraction of sp³-hybridized carbons (Fsp3) is 0.455. The molecule has 0 saturated heterocycles. The third-order valence-corrected chi connectivity index (χ3v) is 1.95. The molecule has 1 rings (SSSR count). The van der Waals surface area contributed by atoms with Crippen LogP contribution in [0, 0.1) is 13.8 Å². The Balaban J connectivity index is 2.72. The van der Waals surface area contributed by atoms with Gasteiger partial charge in [0.1, 0.15) is 0 Å². The highest BCUT2D eigenvalue weighted by molar-refractivity contribution is 5.28. The number of hydrogen-bond acceptors (Lipinski definition) is 1. The summed E-state index contributed by atoms with van der Waals surface area (Å²) in [6.07, 6.45) is 2.20. The molecule has 0 amide bonds. The smallest absolute Gasteiger partial charge is 0.00741 e. The standard InChI is InChI=1S/C11H17N/c1-9-6-10(2)8-11(7-9)4-3-5-12/h6-8H,3-5,12H2,1-2H3. The maximum absolute atomic E-state index is 5.45. The Bertz CT molecular complexity index is 233. The molecule has 0 saturated carbocycles. The summed E-state index contributed by atoms with van der Waals surface area (Å²) >= 11 is 0. The largest absolute Gasteiger partial charge is 0.330 e. The summed E-state index contributed by atoms with van der Waals surface area (Å²) in [4.78, 5) is 0. The topological polar surface area (TPSA) is 26.0 Å². The van der Waals surface area contributed by atoms with Crippen LogP contribution in [0.3, 0.4) is 0 Å². The van der Waals surface area contributed by atoms with Gasteiger partial charge in [-0.05, 0) is 38.8 Å². The Labute approximate surface area is 74.6 Å². The second-order valence-corrected chi connectivity index (χ2v) is 3.39. The number of nitrogens with two attached hydrogens (primary N) is 1. The maximum Gasteiger partial charge on any atom is -0.00741 e. The molecule has 0 fully saturated rings. The van der Waals surface area contributed by atoms with Gasteiger partial charge in [-0.15, -0.1) is 0 Å². The molecule has 0 atom stereocenters. The van der Waals surface area contributed by atoms with Crippen LogP contribution in [0.5, 0.6) is 0 Å². The molecule has 1 heteroatoms. The van der Waals surface area contributed by atoms with Crippen molar-refractivity contribution in [3.8, 4) is 0 Å². The Morgan fingerprint density at radius 2 is 1.67 bits per heavy atom. The fourth-order valence-corrected chi connectivity index (χ4v) is 1.52. The van der Waals surface area contributed by atoms with Gasteiger partial charge in [0.25, 0.3) is 0 Å². The molecule has 0 aliphatic rings. The van der Waals surface area contributed by atoms with Crippen molar-refractivity contribution < 1.29 is 0 Å². The van der Waals surface area contributed by atoms with Gasteiger partial charge in [0.05, 0.1) is 0 Å². The molecule has 0 radical (unpaired) electrons. The predicted molar refractivity (Wildman–Crippen MR) is 53.3 cm³/mol. The molecule has 12 heavy (non-hydrogen) atoms. The first kappa shape index (κ1) is 9.27. The van der Waals surface area contributed by atoms with Gasteiger partial charge in [-0.1, -0.05) is 29.3 Å². The van der Waals surface area contributed by atoms with Gasteiger partial charge >= 0.3 is 0 Å². The fourth-order valence-electron chi connectivity index (χ4n) is 1.52. The summed E-state index contributed by atoms with van der Waals surface area (Å²) in [6, 6.07) is 6.68. The van der Waals surface area contributed by atoms with Crippen LogP contribution in [-0.4, -0.2) is 6.54 Å². The van der Waals surface area contributed by atoms with Gasteiger partial charge in [0.15, 0.2) is 0 Å². The lowest BCUT2D eigenvalue weighted by molar-refractivity contribution is 0.831. The quantitative estimate of drug-likeness (QED) is 0.726. The third kappa shape index (κ3) is 2.67. The highest BCUT2D eigenvalue weighted by Gasteiger charge is 1.94. The lowest BCUT2D eigenvalue weighted by atomic mass is 10.0. The Morgan fingerprint density at radius 3 is 2.17 bits per heavy atom. The van der Waals surface area contributed by atoms with E-state index in [2.05, 4.69) is 32.0 Å². The van der Waals surface area contributed by atoms with Gasteiger partial charge in [0.2, 0.25) is 0 Å². The lowest BCUT2D eigenvalue weighted by Crippen LogP contribution is -2.00. The molecule has 0 aliphatic heterocycles. The zero-order chi connectivity index (χ0) is 8.97. The molecule has 1 aromatic rings. The van der Waals surface area contributed by atoms with Gasteiger partial charge in [0, 0.05) is 0 Å². The van der Waals surface area contributed by atoms with E-state index in [9.17, 15) is 0 Å². The van der Waals surface area contributed by atoms with E-state index in [1.165, 1.54) is 16.7 Å². The molecule has 0 unspecified atom stereocenters. The van der Waals surface area contributed by atoms with Gasteiger partial charge in [-0.25, -0.2) is 0 Å². The van der Waals surface area contributed by atoms with Crippen molar-refractivity contribution >= 4 is 0 Å². The maximum atomic E-state index is 5.45. The van der Waals surface area contributed by atoms with Crippen LogP contribution >= 0.6 is 0 Å². The molecule has 0 bridgehead atoms. The second kappa shape index (κ2) is 4.27. The van der Waals surface area contributed by atoms with Gasteiger partial charge in [-0.3, -0.25) is 0 Å². The van der Waals surface area contributed by atoms with Crippen molar-refractivity contribution in [3.63, 3.8) is 0 Å². The first-order valence-electron chi connectivity index (χ1n) is 4.49. The van der Waals surface area contributed by atoms with Crippen LogP contribution in [-0.2, 0) is 6.42 Å². The van der Waals surface area contributed by atoms with Gasteiger partial charge in [-0.2, -0.15) is 0 Å². The van der Waals surface area contributed by atoms with E-state index in [1.807, 2.05) is 0 Å². The van der Waals surface area contributed by atoms with Crippen LogP contribution in [0.15, 0.2) is 18.2 Å². The number of aryl methyl sites for hydroxylation is 3. The Hall–Kier alpha value is -0.820. The monoisotopic (exact) mass is 163 g/mol. The zero-order valence-corrected chi connectivity index (χ0v) is 7.93. The van der Waals surface area contributed by atoms with E-state index in [0.29, 0.717) is 0 Å². The van der Waals surface area contributed by atoms with Crippen molar-refractivity contribution in [2.24, 2.45) is 5.73 Å². The van der Waals surface area contributed by atoms with Crippen LogP contribution in [0.1, 0.15) is 23.1 Å². The summed E-state index contributed by atoms with van der Waals surface area (Å²) < 4.78 is 0. The van der Waals surface area contributed by atoms with Crippen molar-refractivity contribution in [3.05, 3.63) is 34.9 Å². The minimum atomic E-state index is 0.785. The average Bonchev–Trinajstić information content (AvgIpc) is 1.99. The van der Waals surface area contributed by atoms with Crippen LogP contribution in [0.4, 0.5) is 0 Å². The van der Waals surface area contributed by atoms with E-state index in [-0.39, 0.29) is 0 Å². The minimum absolute atomic E-state index is 0.785. The zero-order valence-electron chi connectivity index (χ0n) is 7.93. The van der Waals surface area contributed by atoms with E-state index in [0.717, 1.165) is 19.4 Å².